The summed E-state index contributed by atoms with van der Waals surface area (Å²) in [7, 11) is 1.74. The van der Waals surface area contributed by atoms with Crippen LogP contribution in [-0.4, -0.2) is 74.2 Å². The van der Waals surface area contributed by atoms with E-state index >= 15 is 0 Å². The van der Waals surface area contributed by atoms with Crippen molar-refractivity contribution in [2.75, 3.05) is 46.4 Å². The lowest BCUT2D eigenvalue weighted by Crippen LogP contribution is -2.53. The molecule has 1 N–H and O–H groups in total. The molecule has 1 amide bonds. The number of hydrogen-bond acceptors (Lipinski definition) is 4. The molecule has 5 heteroatoms. The van der Waals surface area contributed by atoms with Gasteiger partial charge in [0.15, 0.2) is 0 Å². The summed E-state index contributed by atoms with van der Waals surface area (Å²) in [6.45, 7) is 7.60. The van der Waals surface area contributed by atoms with Crippen LogP contribution in [0.15, 0.2) is 0 Å². The van der Waals surface area contributed by atoms with E-state index in [1.807, 2.05) is 4.90 Å². The molecule has 0 radical (unpaired) electrons. The minimum absolute atomic E-state index is 0.102. The van der Waals surface area contributed by atoms with Crippen LogP contribution in [0.4, 0.5) is 0 Å². The van der Waals surface area contributed by atoms with E-state index in [9.17, 15) is 4.79 Å². The van der Waals surface area contributed by atoms with Gasteiger partial charge in [-0.25, -0.2) is 0 Å². The lowest BCUT2D eigenvalue weighted by molar-refractivity contribution is -0.137. The number of hydrogen-bond donors (Lipinski definition) is 1. The summed E-state index contributed by atoms with van der Waals surface area (Å²) in [5, 5.41) is 3.30. The molecule has 2 atom stereocenters. The van der Waals surface area contributed by atoms with Crippen molar-refractivity contribution >= 4 is 5.91 Å². The van der Waals surface area contributed by atoms with Crippen molar-refractivity contribution in [2.24, 2.45) is 0 Å². The standard InChI is InChI=1S/C14H27N3O2/c1-12(5-11-19-2)17-8-3-4-13(17)14(18)16-9-6-15-7-10-16/h12-13,15H,3-11H2,1-2H3. The van der Waals surface area contributed by atoms with Crippen LogP contribution in [-0.2, 0) is 9.53 Å². The Hall–Kier alpha value is -0.650. The molecular weight excluding hydrogens is 242 g/mol. The SMILES string of the molecule is COCCC(C)N1CCCC1C(=O)N1CCNCC1. The Morgan fingerprint density at radius 3 is 2.79 bits per heavy atom. The van der Waals surface area contributed by atoms with Crippen LogP contribution < -0.4 is 5.32 Å². The largest absolute Gasteiger partial charge is 0.385 e. The summed E-state index contributed by atoms with van der Waals surface area (Å²) in [4.78, 5) is 17.0. The molecular formula is C14H27N3O2. The number of likely N-dealkylation sites (tertiary alicyclic amines) is 1. The molecule has 0 aliphatic carbocycles. The molecule has 0 saturated carbocycles. The zero-order valence-corrected chi connectivity index (χ0v) is 12.2. The summed E-state index contributed by atoms with van der Waals surface area (Å²) >= 11 is 0. The molecule has 0 aromatic carbocycles. The van der Waals surface area contributed by atoms with Crippen LogP contribution in [0.1, 0.15) is 26.2 Å². The Balaban J connectivity index is 1.91. The van der Waals surface area contributed by atoms with Crippen molar-refractivity contribution in [3.8, 4) is 0 Å². The summed E-state index contributed by atoms with van der Waals surface area (Å²) < 4.78 is 5.15. The van der Waals surface area contributed by atoms with Gasteiger partial charge in [0.25, 0.3) is 0 Å². The number of ether oxygens (including phenoxy) is 1. The summed E-state index contributed by atoms with van der Waals surface area (Å²) in [6.07, 6.45) is 3.15. The van der Waals surface area contributed by atoms with Gasteiger partial charge in [-0.2, -0.15) is 0 Å². The number of methoxy groups -OCH3 is 1. The van der Waals surface area contributed by atoms with Crippen LogP contribution in [0, 0.1) is 0 Å². The maximum absolute atomic E-state index is 12.6. The quantitative estimate of drug-likeness (QED) is 0.780. The molecule has 19 heavy (non-hydrogen) atoms. The molecule has 5 nitrogen and oxygen atoms in total. The zero-order chi connectivity index (χ0) is 13.7. The summed E-state index contributed by atoms with van der Waals surface area (Å²) in [5.41, 5.74) is 0. The average Bonchev–Trinajstić information content (AvgIpc) is 2.94. The van der Waals surface area contributed by atoms with E-state index in [0.717, 1.165) is 58.6 Å². The molecule has 0 aromatic heterocycles. The number of nitrogens with one attached hydrogen (secondary N) is 1. The van der Waals surface area contributed by atoms with Crippen molar-refractivity contribution in [1.29, 1.82) is 0 Å². The van der Waals surface area contributed by atoms with Gasteiger partial charge < -0.3 is 15.0 Å². The van der Waals surface area contributed by atoms with Gasteiger partial charge >= 0.3 is 0 Å². The Morgan fingerprint density at radius 1 is 1.37 bits per heavy atom. The fraction of sp³-hybridized carbons (Fsp3) is 0.929. The van der Waals surface area contributed by atoms with E-state index in [4.69, 9.17) is 4.74 Å². The van der Waals surface area contributed by atoms with Crippen molar-refractivity contribution in [1.82, 2.24) is 15.1 Å². The Labute approximate surface area is 116 Å². The maximum atomic E-state index is 12.6. The first-order chi connectivity index (χ1) is 9.24. The molecule has 2 aliphatic rings. The number of carbonyl (C=O) groups is 1. The van der Waals surface area contributed by atoms with Crippen molar-refractivity contribution in [2.45, 2.75) is 38.3 Å². The average molecular weight is 269 g/mol. The van der Waals surface area contributed by atoms with E-state index in [-0.39, 0.29) is 6.04 Å². The molecule has 2 heterocycles. The topological polar surface area (TPSA) is 44.8 Å². The first-order valence-electron chi connectivity index (χ1n) is 7.48. The van der Waals surface area contributed by atoms with Crippen LogP contribution >= 0.6 is 0 Å². The van der Waals surface area contributed by atoms with Crippen molar-refractivity contribution < 1.29 is 9.53 Å². The Morgan fingerprint density at radius 2 is 2.11 bits per heavy atom. The molecule has 0 aromatic rings. The fourth-order valence-electron chi connectivity index (χ4n) is 3.13. The van der Waals surface area contributed by atoms with Gasteiger partial charge in [0.2, 0.25) is 5.91 Å². The summed E-state index contributed by atoms with van der Waals surface area (Å²) in [6, 6.07) is 0.532. The first-order valence-corrected chi connectivity index (χ1v) is 7.48. The van der Waals surface area contributed by atoms with E-state index < -0.39 is 0 Å². The predicted molar refractivity (Wildman–Crippen MR) is 75.1 cm³/mol. The molecule has 2 rings (SSSR count). The first kappa shape index (κ1) is 14.8. The fourth-order valence-corrected chi connectivity index (χ4v) is 3.13. The van der Waals surface area contributed by atoms with E-state index in [2.05, 4.69) is 17.1 Å². The highest BCUT2D eigenvalue weighted by Gasteiger charge is 2.36. The predicted octanol–water partition coefficient (Wildman–Crippen LogP) is 0.308. The zero-order valence-electron chi connectivity index (χ0n) is 12.2. The van der Waals surface area contributed by atoms with E-state index in [0.29, 0.717) is 11.9 Å². The second kappa shape index (κ2) is 7.22. The van der Waals surface area contributed by atoms with Crippen LogP contribution in [0.3, 0.4) is 0 Å². The lowest BCUT2D eigenvalue weighted by atomic mass is 10.1. The van der Waals surface area contributed by atoms with Gasteiger partial charge in [0.1, 0.15) is 0 Å². The molecule has 2 unspecified atom stereocenters. The number of piperazine rings is 1. The van der Waals surface area contributed by atoms with Crippen LogP contribution in [0.2, 0.25) is 0 Å². The Kier molecular flexibility index (Phi) is 5.60. The highest BCUT2D eigenvalue weighted by atomic mass is 16.5. The van der Waals surface area contributed by atoms with Crippen molar-refractivity contribution in [3.63, 3.8) is 0 Å². The number of carbonyl (C=O) groups excluding carboxylic acids is 1. The molecule has 2 aliphatic heterocycles. The van der Waals surface area contributed by atoms with Crippen LogP contribution in [0.25, 0.3) is 0 Å². The number of rotatable bonds is 5. The third-order valence-corrected chi connectivity index (χ3v) is 4.31. The molecule has 2 fully saturated rings. The van der Waals surface area contributed by atoms with E-state index in [1.54, 1.807) is 7.11 Å². The third kappa shape index (κ3) is 3.68. The molecule has 0 bridgehead atoms. The van der Waals surface area contributed by atoms with Gasteiger partial charge in [0, 0.05) is 45.9 Å². The molecule has 2 saturated heterocycles. The van der Waals surface area contributed by atoms with Gasteiger partial charge in [-0.15, -0.1) is 0 Å². The van der Waals surface area contributed by atoms with Gasteiger partial charge in [-0.05, 0) is 32.7 Å². The molecule has 110 valence electrons. The highest BCUT2D eigenvalue weighted by Crippen LogP contribution is 2.23. The minimum Gasteiger partial charge on any atom is -0.385 e. The number of amides is 1. The van der Waals surface area contributed by atoms with Gasteiger partial charge in [0.05, 0.1) is 6.04 Å². The van der Waals surface area contributed by atoms with Gasteiger partial charge in [-0.1, -0.05) is 0 Å². The minimum atomic E-state index is 0.102. The third-order valence-electron chi connectivity index (χ3n) is 4.31. The normalized spacial score (nSPS) is 26.6. The lowest BCUT2D eigenvalue weighted by Gasteiger charge is -2.35. The number of nitrogens with zero attached hydrogens (tertiary/aromatic N) is 2. The van der Waals surface area contributed by atoms with Crippen LogP contribution in [0.5, 0.6) is 0 Å². The van der Waals surface area contributed by atoms with Crippen molar-refractivity contribution in [3.05, 3.63) is 0 Å². The Bertz CT molecular complexity index is 292. The summed E-state index contributed by atoms with van der Waals surface area (Å²) in [5.74, 6) is 0.336. The smallest absolute Gasteiger partial charge is 0.240 e. The molecule has 0 spiro atoms. The second-order valence-corrected chi connectivity index (χ2v) is 5.60. The second-order valence-electron chi connectivity index (χ2n) is 5.60. The maximum Gasteiger partial charge on any atom is 0.240 e. The van der Waals surface area contributed by atoms with E-state index in [1.165, 1.54) is 0 Å². The van der Waals surface area contributed by atoms with Gasteiger partial charge in [-0.3, -0.25) is 9.69 Å². The monoisotopic (exact) mass is 269 g/mol. The highest BCUT2D eigenvalue weighted by molar-refractivity contribution is 5.82.